The van der Waals surface area contributed by atoms with Crippen LogP contribution in [0.4, 0.5) is 10.1 Å². The summed E-state index contributed by atoms with van der Waals surface area (Å²) in [7, 11) is 0. The second-order valence-electron chi connectivity index (χ2n) is 4.63. The van der Waals surface area contributed by atoms with Gasteiger partial charge in [0.2, 0.25) is 0 Å². The maximum absolute atomic E-state index is 13.2. The Labute approximate surface area is 105 Å². The Bertz CT molecular complexity index is 451. The number of amides is 1. The third-order valence-corrected chi connectivity index (χ3v) is 3.34. The largest absolute Gasteiger partial charge is 0.396 e. The number of aliphatic hydroxyl groups is 1. The number of anilines is 1. The SMILES string of the molecule is Nc1c(F)cccc1C(=O)NC1CCCCC1O. The minimum absolute atomic E-state index is 0.118. The lowest BCUT2D eigenvalue weighted by Crippen LogP contribution is -2.45. The van der Waals surface area contributed by atoms with Gasteiger partial charge in [-0.15, -0.1) is 0 Å². The van der Waals surface area contributed by atoms with Crippen molar-refractivity contribution in [2.75, 3.05) is 5.73 Å². The van der Waals surface area contributed by atoms with Crippen molar-refractivity contribution in [3.8, 4) is 0 Å². The molecule has 1 aliphatic rings. The molecule has 2 unspecified atom stereocenters. The van der Waals surface area contributed by atoms with Crippen LogP contribution in [0.3, 0.4) is 0 Å². The van der Waals surface area contributed by atoms with E-state index < -0.39 is 17.8 Å². The number of carbonyl (C=O) groups excluding carboxylic acids is 1. The van der Waals surface area contributed by atoms with Crippen LogP contribution in [0.2, 0.25) is 0 Å². The van der Waals surface area contributed by atoms with Crippen LogP contribution in [-0.2, 0) is 0 Å². The molecule has 4 N–H and O–H groups in total. The van der Waals surface area contributed by atoms with Crippen molar-refractivity contribution in [3.05, 3.63) is 29.6 Å². The normalized spacial score (nSPS) is 23.7. The van der Waals surface area contributed by atoms with Crippen molar-refractivity contribution < 1.29 is 14.3 Å². The van der Waals surface area contributed by atoms with Crippen molar-refractivity contribution in [1.82, 2.24) is 5.32 Å². The highest BCUT2D eigenvalue weighted by Crippen LogP contribution is 2.20. The standard InChI is InChI=1S/C13H17FN2O2/c14-9-5-3-4-8(12(9)15)13(18)16-10-6-1-2-7-11(10)17/h3-5,10-11,17H,1-2,6-7,15H2,(H,16,18). The molecular weight excluding hydrogens is 235 g/mol. The van der Waals surface area contributed by atoms with Crippen molar-refractivity contribution in [2.45, 2.75) is 37.8 Å². The monoisotopic (exact) mass is 252 g/mol. The average Bonchev–Trinajstić information content (AvgIpc) is 2.35. The third-order valence-electron chi connectivity index (χ3n) is 3.34. The number of rotatable bonds is 2. The first-order valence-corrected chi connectivity index (χ1v) is 6.12. The van der Waals surface area contributed by atoms with E-state index in [1.807, 2.05) is 0 Å². The minimum atomic E-state index is -0.605. The van der Waals surface area contributed by atoms with Crippen LogP contribution in [0.25, 0.3) is 0 Å². The zero-order valence-corrected chi connectivity index (χ0v) is 10.0. The second-order valence-corrected chi connectivity index (χ2v) is 4.63. The minimum Gasteiger partial charge on any atom is -0.396 e. The maximum Gasteiger partial charge on any atom is 0.253 e. The fourth-order valence-corrected chi connectivity index (χ4v) is 2.26. The van der Waals surface area contributed by atoms with Gasteiger partial charge in [0.25, 0.3) is 5.91 Å². The molecule has 5 heteroatoms. The Hall–Kier alpha value is -1.62. The summed E-state index contributed by atoms with van der Waals surface area (Å²) in [6, 6.07) is 3.86. The molecule has 1 aromatic carbocycles. The molecule has 0 aliphatic heterocycles. The van der Waals surface area contributed by atoms with Crippen LogP contribution in [0, 0.1) is 5.82 Å². The summed E-state index contributed by atoms with van der Waals surface area (Å²) in [6.07, 6.45) is 2.83. The van der Waals surface area contributed by atoms with Crippen molar-refractivity contribution in [1.29, 1.82) is 0 Å². The Morgan fingerprint density at radius 3 is 2.83 bits per heavy atom. The molecular formula is C13H17FN2O2. The number of hydrogen-bond acceptors (Lipinski definition) is 3. The summed E-state index contributed by atoms with van der Waals surface area (Å²) >= 11 is 0. The molecule has 1 amide bonds. The number of hydrogen-bond donors (Lipinski definition) is 3. The molecule has 0 radical (unpaired) electrons. The Morgan fingerprint density at radius 1 is 1.39 bits per heavy atom. The first kappa shape index (κ1) is 12.8. The number of nitrogen functional groups attached to an aromatic ring is 1. The van der Waals surface area contributed by atoms with Crippen molar-refractivity contribution in [2.24, 2.45) is 0 Å². The summed E-state index contributed by atoms with van der Waals surface area (Å²) < 4.78 is 13.2. The van der Waals surface area contributed by atoms with Gasteiger partial charge in [-0.2, -0.15) is 0 Å². The lowest BCUT2D eigenvalue weighted by atomic mass is 9.92. The van der Waals surface area contributed by atoms with Crippen LogP contribution in [-0.4, -0.2) is 23.2 Å². The maximum atomic E-state index is 13.2. The number of halogens is 1. The molecule has 0 saturated heterocycles. The van der Waals surface area contributed by atoms with Crippen LogP contribution in [0.15, 0.2) is 18.2 Å². The molecule has 1 aliphatic carbocycles. The Balaban J connectivity index is 2.09. The van der Waals surface area contributed by atoms with E-state index in [1.165, 1.54) is 18.2 Å². The summed E-state index contributed by atoms with van der Waals surface area (Å²) in [4.78, 5) is 12.0. The molecule has 0 spiro atoms. The number of aliphatic hydroxyl groups excluding tert-OH is 1. The summed E-state index contributed by atoms with van der Waals surface area (Å²) in [5.74, 6) is -1.04. The van der Waals surface area contributed by atoms with Gasteiger partial charge in [0.05, 0.1) is 23.4 Å². The smallest absolute Gasteiger partial charge is 0.253 e. The second kappa shape index (κ2) is 5.35. The van der Waals surface area contributed by atoms with Crippen molar-refractivity contribution in [3.63, 3.8) is 0 Å². The van der Waals surface area contributed by atoms with Crippen molar-refractivity contribution >= 4 is 11.6 Å². The quantitative estimate of drug-likeness (QED) is 0.697. The highest BCUT2D eigenvalue weighted by atomic mass is 19.1. The van der Waals surface area contributed by atoms with E-state index >= 15 is 0 Å². The number of nitrogens with one attached hydrogen (secondary N) is 1. The molecule has 0 heterocycles. The number of benzene rings is 1. The molecule has 0 aromatic heterocycles. The summed E-state index contributed by atoms with van der Waals surface area (Å²) in [5, 5.41) is 12.5. The molecule has 4 nitrogen and oxygen atoms in total. The van der Waals surface area contributed by atoms with E-state index in [9.17, 15) is 14.3 Å². The van der Waals surface area contributed by atoms with Gasteiger partial charge in [0.1, 0.15) is 5.82 Å². The van der Waals surface area contributed by atoms with Crippen LogP contribution >= 0.6 is 0 Å². The Kier molecular flexibility index (Phi) is 3.81. The zero-order valence-electron chi connectivity index (χ0n) is 10.0. The predicted octanol–water partition coefficient (Wildman–Crippen LogP) is 1.44. The summed E-state index contributed by atoms with van der Waals surface area (Å²) in [6.45, 7) is 0. The highest BCUT2D eigenvalue weighted by Gasteiger charge is 2.25. The molecule has 2 rings (SSSR count). The van der Waals surface area contributed by atoms with Gasteiger partial charge < -0.3 is 16.2 Å². The molecule has 2 atom stereocenters. The molecule has 98 valence electrons. The van der Waals surface area contributed by atoms with Gasteiger partial charge in [-0.05, 0) is 25.0 Å². The predicted molar refractivity (Wildman–Crippen MR) is 66.5 cm³/mol. The van der Waals surface area contributed by atoms with Gasteiger partial charge in [0.15, 0.2) is 0 Å². The molecule has 1 saturated carbocycles. The van der Waals surface area contributed by atoms with Crippen LogP contribution in [0.5, 0.6) is 0 Å². The lowest BCUT2D eigenvalue weighted by molar-refractivity contribution is 0.0717. The Morgan fingerprint density at radius 2 is 2.11 bits per heavy atom. The average molecular weight is 252 g/mol. The molecule has 1 fully saturated rings. The number of nitrogens with two attached hydrogens (primary N) is 1. The van der Waals surface area contributed by atoms with Gasteiger partial charge >= 0.3 is 0 Å². The van der Waals surface area contributed by atoms with Crippen LogP contribution < -0.4 is 11.1 Å². The van der Waals surface area contributed by atoms with E-state index in [2.05, 4.69) is 5.32 Å². The highest BCUT2D eigenvalue weighted by molar-refractivity contribution is 5.99. The topological polar surface area (TPSA) is 75.4 Å². The number of carbonyl (C=O) groups is 1. The van der Waals surface area contributed by atoms with Crippen LogP contribution in [0.1, 0.15) is 36.0 Å². The lowest BCUT2D eigenvalue weighted by Gasteiger charge is -2.28. The first-order chi connectivity index (χ1) is 8.59. The van der Waals surface area contributed by atoms with E-state index in [4.69, 9.17) is 5.73 Å². The van der Waals surface area contributed by atoms with Gasteiger partial charge in [0, 0.05) is 0 Å². The van der Waals surface area contributed by atoms with Gasteiger partial charge in [-0.3, -0.25) is 4.79 Å². The van der Waals surface area contributed by atoms with Gasteiger partial charge in [-0.1, -0.05) is 18.9 Å². The van der Waals surface area contributed by atoms with E-state index in [1.54, 1.807) is 0 Å². The molecule has 1 aromatic rings. The molecule has 0 bridgehead atoms. The van der Waals surface area contributed by atoms with Gasteiger partial charge in [-0.25, -0.2) is 4.39 Å². The fraction of sp³-hybridized carbons (Fsp3) is 0.462. The third kappa shape index (κ3) is 2.61. The summed E-state index contributed by atoms with van der Waals surface area (Å²) in [5.41, 5.74) is 5.49. The number of para-hydroxylation sites is 1. The molecule has 18 heavy (non-hydrogen) atoms. The van der Waals surface area contributed by atoms with E-state index in [0.717, 1.165) is 19.3 Å². The first-order valence-electron chi connectivity index (χ1n) is 6.12. The fourth-order valence-electron chi connectivity index (χ4n) is 2.26. The van der Waals surface area contributed by atoms with E-state index in [0.29, 0.717) is 6.42 Å². The van der Waals surface area contributed by atoms with E-state index in [-0.39, 0.29) is 17.3 Å². The zero-order chi connectivity index (χ0) is 13.1.